The molecule has 0 amide bonds. The van der Waals surface area contributed by atoms with Crippen LogP contribution >= 0.6 is 0 Å². The minimum Gasteiger partial charge on any atom is -0.456 e. The van der Waals surface area contributed by atoms with E-state index in [0.29, 0.717) is 0 Å². The number of aliphatic hydroxyl groups is 1. The largest absolute Gasteiger partial charge is 0.456 e. The normalized spacial score (nSPS) is 13.9. The van der Waals surface area contributed by atoms with Gasteiger partial charge in [0.25, 0.3) is 0 Å². The van der Waals surface area contributed by atoms with Gasteiger partial charge in [-0.15, -0.1) is 0 Å². The third-order valence-electron chi connectivity index (χ3n) is 4.20. The van der Waals surface area contributed by atoms with Crippen LogP contribution in [-0.2, 0) is 15.2 Å². The second kappa shape index (κ2) is 6.62. The third kappa shape index (κ3) is 3.23. The lowest BCUT2D eigenvalue weighted by Crippen LogP contribution is -2.31. The Kier molecular flexibility index (Phi) is 4.61. The maximum atomic E-state index is 14.3. The van der Waals surface area contributed by atoms with Gasteiger partial charge in [0.15, 0.2) is 23.1 Å². The first kappa shape index (κ1) is 18.8. The molecule has 6 nitrogen and oxygen atoms in total. The quantitative estimate of drug-likeness (QED) is 0.650. The second-order valence-electron chi connectivity index (χ2n) is 6.06. The molecule has 0 aliphatic carbocycles. The van der Waals surface area contributed by atoms with Crippen LogP contribution in [0.4, 0.5) is 8.78 Å². The molecule has 1 aliphatic heterocycles. The van der Waals surface area contributed by atoms with E-state index < -0.39 is 29.2 Å². The Morgan fingerprint density at radius 2 is 1.37 bits per heavy atom. The number of rotatable bonds is 3. The van der Waals surface area contributed by atoms with Gasteiger partial charge in [-0.2, -0.15) is 0 Å². The molecule has 0 radical (unpaired) electrons. The van der Waals surface area contributed by atoms with E-state index in [1.807, 2.05) is 0 Å². The van der Waals surface area contributed by atoms with Gasteiger partial charge in [0.05, 0.1) is 0 Å². The zero-order chi connectivity index (χ0) is 19.9. The Morgan fingerprint density at radius 3 is 1.70 bits per heavy atom. The summed E-state index contributed by atoms with van der Waals surface area (Å²) in [4.78, 5) is 22.3. The van der Waals surface area contributed by atoms with Crippen LogP contribution in [0, 0.1) is 11.6 Å². The van der Waals surface area contributed by atoms with E-state index in [1.165, 1.54) is 0 Å². The van der Waals surface area contributed by atoms with Crippen molar-refractivity contribution in [2.24, 2.45) is 0 Å². The van der Waals surface area contributed by atoms with Crippen LogP contribution in [-0.4, -0.2) is 17.0 Å². The van der Waals surface area contributed by atoms with Crippen molar-refractivity contribution in [1.29, 1.82) is 0 Å². The predicted molar refractivity (Wildman–Crippen MR) is 88.8 cm³/mol. The van der Waals surface area contributed by atoms with E-state index in [0.717, 1.165) is 38.1 Å². The summed E-state index contributed by atoms with van der Waals surface area (Å²) in [5.74, 6) is -3.88. The van der Waals surface area contributed by atoms with Crippen molar-refractivity contribution >= 4 is 11.9 Å². The van der Waals surface area contributed by atoms with Crippen LogP contribution in [0.25, 0.3) is 0 Å². The molecule has 1 N–H and O–H groups in total. The lowest BCUT2D eigenvalue weighted by Gasteiger charge is -2.35. The summed E-state index contributed by atoms with van der Waals surface area (Å²) in [7, 11) is 0. The Balaban J connectivity index is 2.18. The van der Waals surface area contributed by atoms with E-state index in [2.05, 4.69) is 0 Å². The van der Waals surface area contributed by atoms with Crippen LogP contribution in [0.2, 0.25) is 0 Å². The Hall–Kier alpha value is -3.00. The minimum atomic E-state index is -1.76. The van der Waals surface area contributed by atoms with Crippen molar-refractivity contribution in [3.05, 3.63) is 47.0 Å². The molecule has 0 saturated heterocycles. The van der Waals surface area contributed by atoms with Gasteiger partial charge < -0.3 is 19.3 Å². The molecule has 8 heteroatoms. The van der Waals surface area contributed by atoms with Crippen LogP contribution in [0.1, 0.15) is 38.3 Å². The van der Waals surface area contributed by atoms with E-state index >= 15 is 0 Å². The number of ether oxygens (including phenoxy) is 3. The number of halogens is 2. The van der Waals surface area contributed by atoms with Gasteiger partial charge in [0.2, 0.25) is 0 Å². The fraction of sp³-hybridized carbons (Fsp3) is 0.263. The number of hydrogen-bond acceptors (Lipinski definition) is 6. The number of hydrogen-bond donors (Lipinski definition) is 1. The van der Waals surface area contributed by atoms with Gasteiger partial charge in [-0.3, -0.25) is 9.59 Å². The summed E-state index contributed by atoms with van der Waals surface area (Å²) in [6.45, 7) is 3.87. The number of fused-ring (bicyclic) bond motifs is 2. The smallest absolute Gasteiger partial charge is 0.308 e. The number of carbonyl (C=O) groups is 2. The zero-order valence-electron chi connectivity index (χ0n) is 14.8. The van der Waals surface area contributed by atoms with Gasteiger partial charge >= 0.3 is 11.9 Å². The van der Waals surface area contributed by atoms with Crippen molar-refractivity contribution in [2.45, 2.75) is 32.8 Å². The fourth-order valence-electron chi connectivity index (χ4n) is 3.00. The lowest BCUT2D eigenvalue weighted by molar-refractivity contribution is -0.133. The Morgan fingerprint density at radius 1 is 0.963 bits per heavy atom. The maximum Gasteiger partial charge on any atom is 0.308 e. The second-order valence-corrected chi connectivity index (χ2v) is 6.06. The molecule has 0 saturated carbocycles. The van der Waals surface area contributed by atoms with Crippen molar-refractivity contribution in [3.8, 4) is 23.0 Å². The van der Waals surface area contributed by atoms with Gasteiger partial charge in [0, 0.05) is 37.1 Å². The first-order chi connectivity index (χ1) is 12.7. The Labute approximate surface area is 153 Å². The van der Waals surface area contributed by atoms with Crippen LogP contribution < -0.4 is 14.2 Å². The highest BCUT2D eigenvalue weighted by Crippen LogP contribution is 2.51. The topological polar surface area (TPSA) is 82.1 Å². The molecule has 1 aliphatic rings. The zero-order valence-corrected chi connectivity index (χ0v) is 14.8. The molecule has 1 heterocycles. The minimum absolute atomic E-state index is 0.0323. The highest BCUT2D eigenvalue weighted by Gasteiger charge is 2.41. The monoisotopic (exact) mass is 378 g/mol. The molecule has 0 bridgehead atoms. The molecule has 0 spiro atoms. The summed E-state index contributed by atoms with van der Waals surface area (Å²) in [5, 5.41) is 11.1. The van der Waals surface area contributed by atoms with E-state index in [-0.39, 0.29) is 40.5 Å². The molecule has 27 heavy (non-hydrogen) atoms. The van der Waals surface area contributed by atoms with Crippen LogP contribution in [0.5, 0.6) is 23.0 Å². The van der Waals surface area contributed by atoms with Crippen LogP contribution in [0.15, 0.2) is 24.3 Å². The molecule has 2 aromatic rings. The maximum absolute atomic E-state index is 14.3. The molecule has 0 atom stereocenters. The average molecular weight is 378 g/mol. The van der Waals surface area contributed by atoms with Crippen molar-refractivity contribution < 1.29 is 37.7 Å². The van der Waals surface area contributed by atoms with E-state index in [4.69, 9.17) is 14.2 Å². The number of esters is 2. The molecule has 0 unspecified atom stereocenters. The standard InChI is InChI=1S/C19H16F2O6/c1-4-19(24)11-5-13(20)17(25-9(2)22)7-15(11)27-16-8-18(26-10(3)23)14(21)6-12(16)19/h5-8,24H,4H2,1-3H3. The van der Waals surface area contributed by atoms with Gasteiger partial charge in [-0.1, -0.05) is 6.92 Å². The lowest BCUT2D eigenvalue weighted by atomic mass is 9.81. The molecule has 0 fully saturated rings. The average Bonchev–Trinajstić information content (AvgIpc) is 2.57. The summed E-state index contributed by atoms with van der Waals surface area (Å²) in [6.07, 6.45) is 0.0784. The summed E-state index contributed by atoms with van der Waals surface area (Å²) < 4.78 is 43.8. The first-order valence-electron chi connectivity index (χ1n) is 8.10. The van der Waals surface area contributed by atoms with Crippen molar-refractivity contribution in [3.63, 3.8) is 0 Å². The van der Waals surface area contributed by atoms with Gasteiger partial charge in [0.1, 0.15) is 17.1 Å². The number of benzene rings is 2. The summed E-state index contributed by atoms with van der Waals surface area (Å²) in [6, 6.07) is 4.23. The SMILES string of the molecule is CCC1(O)c2cc(F)c(OC(C)=O)cc2Oc2cc(OC(C)=O)c(F)cc21. The van der Waals surface area contributed by atoms with Crippen molar-refractivity contribution in [1.82, 2.24) is 0 Å². The number of carbonyl (C=O) groups excluding carboxylic acids is 2. The highest BCUT2D eigenvalue weighted by atomic mass is 19.1. The summed E-state index contributed by atoms with van der Waals surface area (Å²) in [5.41, 5.74) is -1.63. The molecule has 2 aromatic carbocycles. The molecule has 142 valence electrons. The van der Waals surface area contributed by atoms with E-state index in [9.17, 15) is 23.5 Å². The van der Waals surface area contributed by atoms with Gasteiger partial charge in [-0.25, -0.2) is 8.78 Å². The molecular formula is C19H16F2O6. The molecule has 3 rings (SSSR count). The predicted octanol–water partition coefficient (Wildman–Crippen LogP) is 3.57. The Bertz CT molecular complexity index is 882. The highest BCUT2D eigenvalue weighted by molar-refractivity contribution is 5.71. The summed E-state index contributed by atoms with van der Waals surface area (Å²) >= 11 is 0. The molecular weight excluding hydrogens is 362 g/mol. The third-order valence-corrected chi connectivity index (χ3v) is 4.20. The van der Waals surface area contributed by atoms with Crippen molar-refractivity contribution in [2.75, 3.05) is 0 Å². The van der Waals surface area contributed by atoms with Gasteiger partial charge in [-0.05, 0) is 18.6 Å². The van der Waals surface area contributed by atoms with Crippen LogP contribution in [0.3, 0.4) is 0 Å². The molecule has 0 aromatic heterocycles. The fourth-order valence-corrected chi connectivity index (χ4v) is 3.00. The first-order valence-corrected chi connectivity index (χ1v) is 8.10. The van der Waals surface area contributed by atoms with E-state index in [1.54, 1.807) is 6.92 Å².